The number of alkyl halides is 3. The molecule has 116 valence electrons. The molecule has 1 aromatic heterocycles. The quantitative estimate of drug-likeness (QED) is 0.559. The third-order valence-electron chi connectivity index (χ3n) is 3.01. The molecule has 9 heteroatoms. The molecule has 0 aliphatic carbocycles. The first-order valence-electron chi connectivity index (χ1n) is 5.96. The molecule has 1 aromatic carbocycles. The van der Waals surface area contributed by atoms with Crippen molar-refractivity contribution in [3.8, 4) is 0 Å². The van der Waals surface area contributed by atoms with Gasteiger partial charge in [-0.2, -0.15) is 13.2 Å². The molecule has 6 nitrogen and oxygen atoms in total. The van der Waals surface area contributed by atoms with Crippen molar-refractivity contribution in [3.63, 3.8) is 0 Å². The topological polar surface area (TPSA) is 110 Å². The maximum Gasteiger partial charge on any atom is 0.416 e. The molecule has 2 rings (SSSR count). The first kappa shape index (κ1) is 15.7. The highest BCUT2D eigenvalue weighted by Gasteiger charge is 2.31. The number of imidazole rings is 1. The standard InChI is InChI=1S/C12H13F3N2O4/c13-12(14,15)5-1-2-6-7(3-5)17-11(16-6)10(21)9(20)8(19)4-18/h1-3,8-10,18-21H,4H2,(H,16,17)/t8-,9?,10-/m1/s1. The van der Waals surface area contributed by atoms with E-state index in [4.69, 9.17) is 5.11 Å². The number of H-pyrrole nitrogens is 1. The van der Waals surface area contributed by atoms with Gasteiger partial charge in [0.05, 0.1) is 23.2 Å². The van der Waals surface area contributed by atoms with Crippen molar-refractivity contribution in [2.75, 3.05) is 6.61 Å². The van der Waals surface area contributed by atoms with Gasteiger partial charge in [-0.1, -0.05) is 0 Å². The Labute approximate surface area is 116 Å². The number of halogens is 3. The first-order chi connectivity index (χ1) is 9.74. The number of benzene rings is 1. The number of aromatic nitrogens is 2. The van der Waals surface area contributed by atoms with E-state index in [1.807, 2.05) is 0 Å². The lowest BCUT2D eigenvalue weighted by Gasteiger charge is -2.19. The van der Waals surface area contributed by atoms with Crippen molar-refractivity contribution in [3.05, 3.63) is 29.6 Å². The minimum absolute atomic E-state index is 0.0320. The maximum atomic E-state index is 12.6. The molecule has 0 aliphatic rings. The molecular formula is C12H13F3N2O4. The van der Waals surface area contributed by atoms with Crippen molar-refractivity contribution in [1.82, 2.24) is 9.97 Å². The molecule has 5 N–H and O–H groups in total. The number of hydrogen-bond donors (Lipinski definition) is 5. The first-order valence-corrected chi connectivity index (χ1v) is 5.96. The third kappa shape index (κ3) is 3.16. The Bertz CT molecular complexity index is 628. The predicted octanol–water partition coefficient (Wildman–Crippen LogP) is 0.329. The molecular weight excluding hydrogens is 293 g/mol. The molecule has 21 heavy (non-hydrogen) atoms. The van der Waals surface area contributed by atoms with Crippen LogP contribution in [0.3, 0.4) is 0 Å². The lowest BCUT2D eigenvalue weighted by atomic mass is 10.1. The van der Waals surface area contributed by atoms with Crippen LogP contribution in [0.2, 0.25) is 0 Å². The predicted molar refractivity (Wildman–Crippen MR) is 65.2 cm³/mol. The Hall–Kier alpha value is -1.68. The van der Waals surface area contributed by atoms with Crippen molar-refractivity contribution in [1.29, 1.82) is 0 Å². The van der Waals surface area contributed by atoms with E-state index in [1.54, 1.807) is 0 Å². The zero-order valence-corrected chi connectivity index (χ0v) is 10.5. The van der Waals surface area contributed by atoms with E-state index >= 15 is 0 Å². The van der Waals surface area contributed by atoms with Crippen LogP contribution in [0.25, 0.3) is 11.0 Å². The Balaban J connectivity index is 2.35. The number of aromatic amines is 1. The van der Waals surface area contributed by atoms with E-state index in [0.29, 0.717) is 0 Å². The second kappa shape index (κ2) is 5.60. The normalized spacial score (nSPS) is 16.9. The van der Waals surface area contributed by atoms with Crippen molar-refractivity contribution in [2.24, 2.45) is 0 Å². The van der Waals surface area contributed by atoms with Crippen LogP contribution in [0.15, 0.2) is 18.2 Å². The second-order valence-corrected chi connectivity index (χ2v) is 4.54. The molecule has 0 saturated carbocycles. The minimum atomic E-state index is -4.51. The molecule has 1 heterocycles. The summed E-state index contributed by atoms with van der Waals surface area (Å²) in [6.07, 6.45) is -9.50. The number of aliphatic hydroxyl groups excluding tert-OH is 4. The number of aliphatic hydroxyl groups is 4. The van der Waals surface area contributed by atoms with Gasteiger partial charge in [0.15, 0.2) is 0 Å². The molecule has 0 bridgehead atoms. The molecule has 0 aliphatic heterocycles. The van der Waals surface area contributed by atoms with Gasteiger partial charge in [-0.3, -0.25) is 0 Å². The number of rotatable bonds is 4. The largest absolute Gasteiger partial charge is 0.416 e. The minimum Gasteiger partial charge on any atom is -0.394 e. The van der Waals surface area contributed by atoms with E-state index < -0.39 is 36.7 Å². The fourth-order valence-electron chi connectivity index (χ4n) is 1.83. The van der Waals surface area contributed by atoms with Gasteiger partial charge in [0.1, 0.15) is 24.1 Å². The van der Waals surface area contributed by atoms with Crippen molar-refractivity contribution < 1.29 is 33.6 Å². The Kier molecular flexibility index (Phi) is 4.19. The molecule has 0 spiro atoms. The van der Waals surface area contributed by atoms with Gasteiger partial charge in [0.25, 0.3) is 0 Å². The zero-order valence-electron chi connectivity index (χ0n) is 10.5. The summed E-state index contributed by atoms with van der Waals surface area (Å²) in [6.45, 7) is -0.781. The lowest BCUT2D eigenvalue weighted by molar-refractivity contribution is -0.137. The van der Waals surface area contributed by atoms with Crippen LogP contribution in [0.1, 0.15) is 17.5 Å². The van der Waals surface area contributed by atoms with E-state index in [2.05, 4.69) is 9.97 Å². The van der Waals surface area contributed by atoms with Crippen LogP contribution < -0.4 is 0 Å². The average Bonchev–Trinajstić information content (AvgIpc) is 2.86. The molecule has 1 unspecified atom stereocenters. The molecule has 3 atom stereocenters. The Morgan fingerprint density at radius 3 is 2.43 bits per heavy atom. The van der Waals surface area contributed by atoms with Gasteiger partial charge < -0.3 is 25.4 Å². The molecule has 0 amide bonds. The lowest BCUT2D eigenvalue weighted by Crippen LogP contribution is -2.35. The van der Waals surface area contributed by atoms with E-state index in [0.717, 1.165) is 18.2 Å². The average molecular weight is 306 g/mol. The summed E-state index contributed by atoms with van der Waals surface area (Å²) >= 11 is 0. The molecule has 2 aromatic rings. The van der Waals surface area contributed by atoms with Crippen LogP contribution in [0.4, 0.5) is 13.2 Å². The van der Waals surface area contributed by atoms with E-state index in [9.17, 15) is 28.5 Å². The highest BCUT2D eigenvalue weighted by molar-refractivity contribution is 5.76. The fraction of sp³-hybridized carbons (Fsp3) is 0.417. The molecule has 0 radical (unpaired) electrons. The molecule has 0 saturated heterocycles. The van der Waals surface area contributed by atoms with Gasteiger partial charge in [-0.15, -0.1) is 0 Å². The van der Waals surface area contributed by atoms with Gasteiger partial charge in [0.2, 0.25) is 0 Å². The molecule has 0 fully saturated rings. The van der Waals surface area contributed by atoms with Gasteiger partial charge >= 0.3 is 6.18 Å². The van der Waals surface area contributed by atoms with Gasteiger partial charge in [-0.25, -0.2) is 4.98 Å². The third-order valence-corrected chi connectivity index (χ3v) is 3.01. The van der Waals surface area contributed by atoms with Crippen molar-refractivity contribution >= 4 is 11.0 Å². The highest BCUT2D eigenvalue weighted by atomic mass is 19.4. The van der Waals surface area contributed by atoms with Crippen LogP contribution in [0, 0.1) is 0 Å². The number of nitrogens with zero attached hydrogens (tertiary/aromatic N) is 1. The van der Waals surface area contributed by atoms with Crippen LogP contribution >= 0.6 is 0 Å². The van der Waals surface area contributed by atoms with Crippen LogP contribution in [-0.2, 0) is 6.18 Å². The van der Waals surface area contributed by atoms with Crippen LogP contribution in [-0.4, -0.2) is 49.2 Å². The SMILES string of the molecule is OC[C@@H](O)C(O)[C@@H](O)c1nc2ccc(C(F)(F)F)cc2[nH]1. The van der Waals surface area contributed by atoms with Gasteiger partial charge in [-0.05, 0) is 18.2 Å². The number of hydrogen-bond acceptors (Lipinski definition) is 5. The van der Waals surface area contributed by atoms with Gasteiger partial charge in [0, 0.05) is 0 Å². The monoisotopic (exact) mass is 306 g/mol. The summed E-state index contributed by atoms with van der Waals surface area (Å²) in [7, 11) is 0. The van der Waals surface area contributed by atoms with E-state index in [1.165, 1.54) is 0 Å². The summed E-state index contributed by atoms with van der Waals surface area (Å²) in [4.78, 5) is 6.30. The number of nitrogens with one attached hydrogen (secondary N) is 1. The smallest absolute Gasteiger partial charge is 0.394 e. The maximum absolute atomic E-state index is 12.6. The van der Waals surface area contributed by atoms with Crippen molar-refractivity contribution in [2.45, 2.75) is 24.5 Å². The summed E-state index contributed by atoms with van der Waals surface area (Å²) in [5, 5.41) is 37.3. The Morgan fingerprint density at radius 2 is 1.86 bits per heavy atom. The highest BCUT2D eigenvalue weighted by Crippen LogP contribution is 2.31. The summed E-state index contributed by atoms with van der Waals surface area (Å²) < 4.78 is 37.7. The summed E-state index contributed by atoms with van der Waals surface area (Å²) in [5.41, 5.74) is -0.678. The summed E-state index contributed by atoms with van der Waals surface area (Å²) in [5.74, 6) is -0.204. The summed E-state index contributed by atoms with van der Waals surface area (Å²) in [6, 6.07) is 2.80. The van der Waals surface area contributed by atoms with Crippen LogP contribution in [0.5, 0.6) is 0 Å². The number of fused-ring (bicyclic) bond motifs is 1. The fourth-order valence-corrected chi connectivity index (χ4v) is 1.83. The second-order valence-electron chi connectivity index (χ2n) is 4.54. The Morgan fingerprint density at radius 1 is 1.19 bits per heavy atom. The van der Waals surface area contributed by atoms with E-state index in [-0.39, 0.29) is 16.9 Å². The zero-order chi connectivity index (χ0) is 15.8.